The van der Waals surface area contributed by atoms with E-state index in [-0.39, 0.29) is 0 Å². The van der Waals surface area contributed by atoms with Gasteiger partial charge in [-0.25, -0.2) is 9.97 Å². The molecule has 1 N–H and O–H groups in total. The van der Waals surface area contributed by atoms with Gasteiger partial charge in [0.25, 0.3) is 0 Å². The molecule has 5 heteroatoms. The van der Waals surface area contributed by atoms with E-state index >= 15 is 0 Å². The van der Waals surface area contributed by atoms with Crippen LogP contribution in [0.2, 0.25) is 0 Å². The lowest BCUT2D eigenvalue weighted by Gasteiger charge is -2.24. The summed E-state index contributed by atoms with van der Waals surface area (Å²) in [5.74, 6) is 1.86. The number of aromatic nitrogens is 2. The fourth-order valence-corrected chi connectivity index (χ4v) is 3.16. The first-order valence-corrected chi connectivity index (χ1v) is 7.86. The number of hydrogen-bond acceptors (Lipinski definition) is 5. The Hall–Kier alpha value is -2.14. The number of nitrogens with zero attached hydrogens (tertiary/aromatic N) is 3. The number of anilines is 2. The Morgan fingerprint density at radius 3 is 2.68 bits per heavy atom. The zero-order valence-corrected chi connectivity index (χ0v) is 12.5. The van der Waals surface area contributed by atoms with E-state index in [0.717, 1.165) is 50.8 Å². The fourth-order valence-electron chi connectivity index (χ4n) is 3.16. The Balaban J connectivity index is 1.48. The van der Waals surface area contributed by atoms with Crippen LogP contribution >= 0.6 is 0 Å². The van der Waals surface area contributed by atoms with Gasteiger partial charge >= 0.3 is 0 Å². The Bertz CT molecular complexity index is 630. The summed E-state index contributed by atoms with van der Waals surface area (Å²) in [6.45, 7) is 3.46. The summed E-state index contributed by atoms with van der Waals surface area (Å²) in [7, 11) is 0. The maximum absolute atomic E-state index is 5.51. The van der Waals surface area contributed by atoms with Crippen LogP contribution in [0.5, 0.6) is 0 Å². The molecule has 0 saturated carbocycles. The van der Waals surface area contributed by atoms with Crippen LogP contribution in [0, 0.1) is 0 Å². The Labute approximate surface area is 130 Å². The predicted molar refractivity (Wildman–Crippen MR) is 85.8 cm³/mol. The molecule has 2 aromatic rings. The van der Waals surface area contributed by atoms with Crippen LogP contribution in [0.1, 0.15) is 24.0 Å². The van der Waals surface area contributed by atoms with Gasteiger partial charge < -0.3 is 15.0 Å². The van der Waals surface area contributed by atoms with Gasteiger partial charge in [0.05, 0.1) is 12.6 Å². The van der Waals surface area contributed by atoms with E-state index < -0.39 is 0 Å². The molecule has 1 aromatic carbocycles. The Morgan fingerprint density at radius 2 is 1.95 bits per heavy atom. The van der Waals surface area contributed by atoms with Crippen LogP contribution in [0.4, 0.5) is 11.6 Å². The first-order chi connectivity index (χ1) is 10.9. The Kier molecular flexibility index (Phi) is 3.64. The van der Waals surface area contributed by atoms with Crippen molar-refractivity contribution >= 4 is 11.6 Å². The zero-order valence-electron chi connectivity index (χ0n) is 12.5. The molecule has 114 valence electrons. The molecule has 1 unspecified atom stereocenters. The Morgan fingerprint density at radius 1 is 1.14 bits per heavy atom. The van der Waals surface area contributed by atoms with Crippen LogP contribution in [0.15, 0.2) is 36.7 Å². The number of benzene rings is 1. The topological polar surface area (TPSA) is 50.3 Å². The number of ether oxygens (including phenoxy) is 1. The molecule has 4 rings (SSSR count). The summed E-state index contributed by atoms with van der Waals surface area (Å²) >= 11 is 0. The van der Waals surface area contributed by atoms with Gasteiger partial charge in [-0.15, -0.1) is 0 Å². The van der Waals surface area contributed by atoms with Crippen molar-refractivity contribution in [2.45, 2.75) is 32.0 Å². The second kappa shape index (κ2) is 5.93. The van der Waals surface area contributed by atoms with E-state index in [0.29, 0.717) is 6.04 Å². The third kappa shape index (κ3) is 2.76. The molecule has 5 nitrogen and oxygen atoms in total. The number of fused-ring (bicyclic) bond motifs is 1. The summed E-state index contributed by atoms with van der Waals surface area (Å²) in [4.78, 5) is 11.1. The minimum atomic E-state index is 0.354. The van der Waals surface area contributed by atoms with E-state index in [1.54, 1.807) is 6.33 Å². The molecule has 2 aliphatic rings. The lowest BCUT2D eigenvalue weighted by molar-refractivity contribution is 0.0875. The molecule has 1 atom stereocenters. The van der Waals surface area contributed by atoms with Crippen molar-refractivity contribution in [1.29, 1.82) is 0 Å². The monoisotopic (exact) mass is 296 g/mol. The minimum absolute atomic E-state index is 0.354. The van der Waals surface area contributed by atoms with Gasteiger partial charge in [0.15, 0.2) is 0 Å². The first kappa shape index (κ1) is 13.5. The SMILES string of the molecule is c1ccc2c(c1)CN(c1cc(NC3CCCOC3)ncn1)C2. The van der Waals surface area contributed by atoms with Gasteiger partial charge in [0.1, 0.15) is 18.0 Å². The largest absolute Gasteiger partial charge is 0.379 e. The van der Waals surface area contributed by atoms with E-state index in [1.165, 1.54) is 11.1 Å². The molecule has 0 spiro atoms. The highest BCUT2D eigenvalue weighted by atomic mass is 16.5. The number of rotatable bonds is 3. The standard InChI is InChI=1S/C17H20N4O/c1-2-5-14-10-21(9-13(14)4-1)17-8-16(18-12-19-17)20-15-6-3-7-22-11-15/h1-2,4-5,8,12,15H,3,6-7,9-11H2,(H,18,19,20). The quantitative estimate of drug-likeness (QED) is 0.943. The fraction of sp³-hybridized carbons (Fsp3) is 0.412. The molecule has 0 aliphatic carbocycles. The smallest absolute Gasteiger partial charge is 0.134 e. The molecule has 1 aromatic heterocycles. The van der Waals surface area contributed by atoms with E-state index in [2.05, 4.69) is 44.5 Å². The molecule has 0 radical (unpaired) electrons. The van der Waals surface area contributed by atoms with Crippen molar-refractivity contribution in [2.24, 2.45) is 0 Å². The van der Waals surface area contributed by atoms with Crippen LogP contribution in [0.3, 0.4) is 0 Å². The van der Waals surface area contributed by atoms with Crippen molar-refractivity contribution < 1.29 is 4.74 Å². The lowest BCUT2D eigenvalue weighted by atomic mass is 10.1. The van der Waals surface area contributed by atoms with Crippen molar-refractivity contribution in [1.82, 2.24) is 9.97 Å². The summed E-state index contributed by atoms with van der Waals surface area (Å²) in [6, 6.07) is 11.0. The van der Waals surface area contributed by atoms with Gasteiger partial charge in [-0.1, -0.05) is 24.3 Å². The maximum Gasteiger partial charge on any atom is 0.134 e. The van der Waals surface area contributed by atoms with Crippen LogP contribution < -0.4 is 10.2 Å². The molecule has 1 saturated heterocycles. The average Bonchev–Trinajstić information content (AvgIpc) is 3.00. The summed E-state index contributed by atoms with van der Waals surface area (Å²) in [6.07, 6.45) is 3.88. The summed E-state index contributed by atoms with van der Waals surface area (Å²) < 4.78 is 5.51. The zero-order chi connectivity index (χ0) is 14.8. The third-order valence-corrected chi connectivity index (χ3v) is 4.33. The van der Waals surface area contributed by atoms with Gasteiger partial charge in [-0.05, 0) is 24.0 Å². The average molecular weight is 296 g/mol. The van der Waals surface area contributed by atoms with Crippen LogP contribution in [-0.2, 0) is 17.8 Å². The highest BCUT2D eigenvalue weighted by Gasteiger charge is 2.20. The van der Waals surface area contributed by atoms with Crippen molar-refractivity contribution in [3.05, 3.63) is 47.8 Å². The summed E-state index contributed by atoms with van der Waals surface area (Å²) in [5, 5.41) is 3.46. The van der Waals surface area contributed by atoms with Crippen LogP contribution in [0.25, 0.3) is 0 Å². The number of nitrogens with one attached hydrogen (secondary N) is 1. The predicted octanol–water partition coefficient (Wildman–Crippen LogP) is 2.59. The van der Waals surface area contributed by atoms with Gasteiger partial charge in [-0.2, -0.15) is 0 Å². The highest BCUT2D eigenvalue weighted by molar-refractivity contribution is 5.52. The molecule has 2 aliphatic heterocycles. The molecule has 3 heterocycles. The second-order valence-electron chi connectivity index (χ2n) is 5.94. The van der Waals surface area contributed by atoms with Crippen molar-refractivity contribution in [2.75, 3.05) is 23.4 Å². The molecule has 1 fully saturated rings. The van der Waals surface area contributed by atoms with E-state index in [1.807, 2.05) is 6.07 Å². The summed E-state index contributed by atoms with van der Waals surface area (Å²) in [5.41, 5.74) is 2.77. The van der Waals surface area contributed by atoms with Crippen molar-refractivity contribution in [3.63, 3.8) is 0 Å². The van der Waals surface area contributed by atoms with Gasteiger partial charge in [0.2, 0.25) is 0 Å². The molecular formula is C17H20N4O. The van der Waals surface area contributed by atoms with E-state index in [9.17, 15) is 0 Å². The van der Waals surface area contributed by atoms with Gasteiger partial charge in [0, 0.05) is 25.8 Å². The van der Waals surface area contributed by atoms with Gasteiger partial charge in [-0.3, -0.25) is 0 Å². The normalized spacial score (nSPS) is 20.7. The molecule has 22 heavy (non-hydrogen) atoms. The third-order valence-electron chi connectivity index (χ3n) is 4.33. The number of hydrogen-bond donors (Lipinski definition) is 1. The highest BCUT2D eigenvalue weighted by Crippen LogP contribution is 2.27. The molecular weight excluding hydrogens is 276 g/mol. The minimum Gasteiger partial charge on any atom is -0.379 e. The molecule has 0 bridgehead atoms. The first-order valence-electron chi connectivity index (χ1n) is 7.86. The maximum atomic E-state index is 5.51. The van der Waals surface area contributed by atoms with Crippen LogP contribution in [-0.4, -0.2) is 29.2 Å². The lowest BCUT2D eigenvalue weighted by Crippen LogP contribution is -2.30. The second-order valence-corrected chi connectivity index (χ2v) is 5.94. The molecule has 0 amide bonds. The van der Waals surface area contributed by atoms with E-state index in [4.69, 9.17) is 4.74 Å². The van der Waals surface area contributed by atoms with Crippen molar-refractivity contribution in [3.8, 4) is 0 Å².